The van der Waals surface area contributed by atoms with Gasteiger partial charge in [0.25, 0.3) is 0 Å². The quantitative estimate of drug-likeness (QED) is 0.735. The van der Waals surface area contributed by atoms with E-state index in [4.69, 9.17) is 23.0 Å². The van der Waals surface area contributed by atoms with Crippen molar-refractivity contribution in [2.75, 3.05) is 13.1 Å². The Morgan fingerprint density at radius 2 is 1.73 bits per heavy atom. The van der Waals surface area contributed by atoms with E-state index >= 15 is 0 Å². The fourth-order valence-electron chi connectivity index (χ4n) is 1.55. The van der Waals surface area contributed by atoms with E-state index in [2.05, 4.69) is 30.7 Å². The topological polar surface area (TPSA) is 3.24 Å². The zero-order chi connectivity index (χ0) is 11.3. The van der Waals surface area contributed by atoms with Crippen molar-refractivity contribution < 1.29 is 0 Å². The first-order chi connectivity index (χ1) is 7.10. The molecule has 1 unspecified atom stereocenters. The Kier molecular flexibility index (Phi) is 5.28. The molecule has 0 spiro atoms. The standard InChI is InChI=1S/C11H17ClNPS/c1-3-13(4-2)14(12,15)10-11-8-6-5-7-9-11/h5-9H,3-4,10H2,1-2H3. The van der Waals surface area contributed by atoms with Crippen molar-refractivity contribution in [1.82, 2.24) is 4.67 Å². The van der Waals surface area contributed by atoms with Crippen LogP contribution in [0.4, 0.5) is 0 Å². The van der Waals surface area contributed by atoms with Crippen LogP contribution in [0.1, 0.15) is 19.4 Å². The average Bonchev–Trinajstić information content (AvgIpc) is 2.19. The van der Waals surface area contributed by atoms with Gasteiger partial charge in [-0.25, -0.2) is 0 Å². The molecule has 15 heavy (non-hydrogen) atoms. The fourth-order valence-corrected chi connectivity index (χ4v) is 5.46. The second-order valence-electron chi connectivity index (χ2n) is 3.40. The van der Waals surface area contributed by atoms with Gasteiger partial charge < -0.3 is 0 Å². The van der Waals surface area contributed by atoms with Crippen molar-refractivity contribution in [3.63, 3.8) is 0 Å². The Hall–Kier alpha value is 0.120. The molecule has 0 aromatic heterocycles. The predicted octanol–water partition coefficient (Wildman–Crippen LogP) is 4.08. The molecule has 1 nitrogen and oxygen atoms in total. The molecule has 4 heteroatoms. The summed E-state index contributed by atoms with van der Waals surface area (Å²) >= 11 is 12.0. The van der Waals surface area contributed by atoms with Crippen molar-refractivity contribution in [3.05, 3.63) is 35.9 Å². The van der Waals surface area contributed by atoms with E-state index in [1.807, 2.05) is 18.2 Å². The zero-order valence-corrected chi connectivity index (χ0v) is 11.7. The molecular weight excluding hydrogens is 245 g/mol. The molecule has 1 rings (SSSR count). The van der Waals surface area contributed by atoms with Crippen LogP contribution in [0.3, 0.4) is 0 Å². The highest BCUT2D eigenvalue weighted by Gasteiger charge is 2.20. The number of rotatable bonds is 5. The number of benzene rings is 1. The maximum Gasteiger partial charge on any atom is 0.103 e. The summed E-state index contributed by atoms with van der Waals surface area (Å²) in [6, 6.07) is 10.3. The molecule has 0 radical (unpaired) electrons. The minimum atomic E-state index is -1.89. The zero-order valence-electron chi connectivity index (χ0n) is 9.19. The van der Waals surface area contributed by atoms with Crippen molar-refractivity contribution in [3.8, 4) is 0 Å². The summed E-state index contributed by atoms with van der Waals surface area (Å²) in [6.45, 7) is 6.09. The van der Waals surface area contributed by atoms with Gasteiger partial charge in [0.2, 0.25) is 0 Å². The van der Waals surface area contributed by atoms with Gasteiger partial charge in [-0.15, -0.1) is 0 Å². The lowest BCUT2D eigenvalue weighted by Gasteiger charge is -2.27. The Balaban J connectivity index is 2.76. The fraction of sp³-hybridized carbons (Fsp3) is 0.455. The number of hydrogen-bond donors (Lipinski definition) is 0. The number of halogens is 1. The van der Waals surface area contributed by atoms with Gasteiger partial charge in [-0.2, -0.15) is 0 Å². The van der Waals surface area contributed by atoms with Crippen LogP contribution in [-0.4, -0.2) is 17.8 Å². The van der Waals surface area contributed by atoms with Gasteiger partial charge in [0, 0.05) is 19.3 Å². The molecule has 0 saturated carbocycles. The van der Waals surface area contributed by atoms with Crippen molar-refractivity contribution in [1.29, 1.82) is 0 Å². The van der Waals surface area contributed by atoms with Crippen molar-refractivity contribution >= 4 is 28.6 Å². The third-order valence-corrected chi connectivity index (χ3v) is 6.62. The summed E-state index contributed by atoms with van der Waals surface area (Å²) in [5, 5.41) is 0. The summed E-state index contributed by atoms with van der Waals surface area (Å²) in [5.74, 6) is 0. The van der Waals surface area contributed by atoms with Crippen LogP contribution in [0.25, 0.3) is 0 Å². The van der Waals surface area contributed by atoms with E-state index in [0.717, 1.165) is 19.3 Å². The molecule has 0 bridgehead atoms. The molecule has 84 valence electrons. The van der Waals surface area contributed by atoms with E-state index in [0.29, 0.717) is 0 Å². The van der Waals surface area contributed by atoms with Crippen LogP contribution in [-0.2, 0) is 18.0 Å². The molecule has 0 fully saturated rings. The van der Waals surface area contributed by atoms with Gasteiger partial charge in [-0.1, -0.05) is 67.2 Å². The first-order valence-electron chi connectivity index (χ1n) is 5.18. The highest BCUT2D eigenvalue weighted by molar-refractivity contribution is 8.25. The average molecular weight is 262 g/mol. The Labute approximate surface area is 102 Å². The van der Waals surface area contributed by atoms with Gasteiger partial charge in [0.1, 0.15) is 5.54 Å². The second kappa shape index (κ2) is 6.00. The minimum Gasteiger partial charge on any atom is -0.264 e. The molecule has 0 aliphatic rings. The van der Waals surface area contributed by atoms with E-state index in [1.54, 1.807) is 0 Å². The molecule has 0 saturated heterocycles. The Bertz CT molecular complexity index is 338. The van der Waals surface area contributed by atoms with E-state index < -0.39 is 5.54 Å². The lowest BCUT2D eigenvalue weighted by molar-refractivity contribution is 0.510. The van der Waals surface area contributed by atoms with Crippen LogP contribution in [0.2, 0.25) is 0 Å². The molecule has 1 aromatic rings. The summed E-state index contributed by atoms with van der Waals surface area (Å²) in [4.78, 5) is 0. The predicted molar refractivity (Wildman–Crippen MR) is 73.2 cm³/mol. The van der Waals surface area contributed by atoms with Crippen LogP contribution in [0.5, 0.6) is 0 Å². The Morgan fingerprint density at radius 1 is 1.20 bits per heavy atom. The molecule has 0 aliphatic heterocycles. The minimum absolute atomic E-state index is 0.812. The van der Waals surface area contributed by atoms with Crippen LogP contribution < -0.4 is 0 Å². The van der Waals surface area contributed by atoms with E-state index in [1.165, 1.54) is 5.56 Å². The first kappa shape index (κ1) is 13.2. The number of nitrogens with zero attached hydrogens (tertiary/aromatic N) is 1. The van der Waals surface area contributed by atoms with Crippen LogP contribution in [0.15, 0.2) is 30.3 Å². The second-order valence-corrected chi connectivity index (χ2v) is 9.60. The Morgan fingerprint density at radius 3 is 2.20 bits per heavy atom. The molecular formula is C11H17ClNPS. The normalized spacial score (nSPS) is 15.2. The van der Waals surface area contributed by atoms with Crippen LogP contribution >= 0.6 is 16.8 Å². The third kappa shape index (κ3) is 3.88. The smallest absolute Gasteiger partial charge is 0.103 e. The van der Waals surface area contributed by atoms with Gasteiger partial charge in [-0.3, -0.25) is 4.67 Å². The van der Waals surface area contributed by atoms with E-state index in [9.17, 15) is 0 Å². The highest BCUT2D eigenvalue weighted by atomic mass is 35.7. The summed E-state index contributed by atoms with van der Waals surface area (Å²) in [5.41, 5.74) is -0.647. The molecule has 1 atom stereocenters. The number of hydrogen-bond acceptors (Lipinski definition) is 1. The third-order valence-electron chi connectivity index (χ3n) is 2.37. The SMILES string of the molecule is CCN(CC)P(=S)(Cl)Cc1ccccc1. The van der Waals surface area contributed by atoms with Crippen LogP contribution in [0, 0.1) is 0 Å². The largest absolute Gasteiger partial charge is 0.264 e. The summed E-state index contributed by atoms with van der Waals surface area (Å²) in [6.07, 6.45) is 0.812. The maximum absolute atomic E-state index is 6.49. The molecule has 0 N–H and O–H groups in total. The lowest BCUT2D eigenvalue weighted by atomic mass is 10.2. The molecule has 0 heterocycles. The molecule has 0 amide bonds. The highest BCUT2D eigenvalue weighted by Crippen LogP contribution is 2.57. The van der Waals surface area contributed by atoms with Crippen molar-refractivity contribution in [2.24, 2.45) is 0 Å². The van der Waals surface area contributed by atoms with Gasteiger partial charge in [0.15, 0.2) is 0 Å². The van der Waals surface area contributed by atoms with Gasteiger partial charge in [0.05, 0.1) is 0 Å². The monoisotopic (exact) mass is 261 g/mol. The molecule has 1 aromatic carbocycles. The lowest BCUT2D eigenvalue weighted by Crippen LogP contribution is -2.17. The summed E-state index contributed by atoms with van der Waals surface area (Å²) in [7, 11) is 0. The maximum atomic E-state index is 6.49. The first-order valence-corrected chi connectivity index (χ1v) is 9.02. The van der Waals surface area contributed by atoms with Crippen molar-refractivity contribution in [2.45, 2.75) is 20.0 Å². The van der Waals surface area contributed by atoms with Gasteiger partial charge >= 0.3 is 0 Å². The molecule has 0 aliphatic carbocycles. The van der Waals surface area contributed by atoms with E-state index in [-0.39, 0.29) is 0 Å². The van der Waals surface area contributed by atoms with Gasteiger partial charge in [-0.05, 0) is 5.56 Å². The summed E-state index contributed by atoms with van der Waals surface area (Å²) < 4.78 is 2.21.